The number of rotatable bonds is 4. The fraction of sp³-hybridized carbons (Fsp3) is 1.00. The van der Waals surface area contributed by atoms with E-state index in [-0.39, 0.29) is 6.10 Å². The lowest BCUT2D eigenvalue weighted by atomic mass is 9.88. The van der Waals surface area contributed by atoms with Crippen LogP contribution >= 0.6 is 12.6 Å². The van der Waals surface area contributed by atoms with Crippen molar-refractivity contribution in [2.45, 2.75) is 62.5 Å². The maximum absolute atomic E-state index is 9.90. The van der Waals surface area contributed by atoms with Crippen LogP contribution in [0.5, 0.6) is 0 Å². The summed E-state index contributed by atoms with van der Waals surface area (Å²) in [6.45, 7) is -0.433. The van der Waals surface area contributed by atoms with E-state index in [1.54, 1.807) is 0 Å². The van der Waals surface area contributed by atoms with Gasteiger partial charge in [-0.05, 0) is 37.4 Å². The molecule has 1 saturated carbocycles. The van der Waals surface area contributed by atoms with Gasteiger partial charge in [-0.15, -0.1) is 0 Å². The van der Waals surface area contributed by atoms with Gasteiger partial charge in [0.2, 0.25) is 0 Å². The highest BCUT2D eigenvalue weighted by molar-refractivity contribution is 7.80. The van der Waals surface area contributed by atoms with Crippen LogP contribution in [-0.2, 0) is 9.47 Å². The monoisotopic (exact) mass is 308 g/mol. The molecule has 1 saturated heterocycles. The van der Waals surface area contributed by atoms with Crippen molar-refractivity contribution in [1.82, 2.24) is 0 Å². The van der Waals surface area contributed by atoms with Crippen molar-refractivity contribution in [3.8, 4) is 0 Å². The van der Waals surface area contributed by atoms with Crippen molar-refractivity contribution >= 4 is 12.6 Å². The summed E-state index contributed by atoms with van der Waals surface area (Å²) in [5.74, 6) is 1.47. The van der Waals surface area contributed by atoms with Crippen molar-refractivity contribution in [2.75, 3.05) is 12.4 Å². The molecule has 0 aromatic carbocycles. The molecule has 20 heavy (non-hydrogen) atoms. The third kappa shape index (κ3) is 3.65. The largest absolute Gasteiger partial charge is 0.394 e. The Labute approximate surface area is 124 Å². The van der Waals surface area contributed by atoms with Crippen molar-refractivity contribution < 1.29 is 29.9 Å². The van der Waals surface area contributed by atoms with Gasteiger partial charge in [-0.1, -0.05) is 0 Å². The summed E-state index contributed by atoms with van der Waals surface area (Å²) in [6.07, 6.45) is -2.22. The van der Waals surface area contributed by atoms with Crippen LogP contribution in [0.3, 0.4) is 0 Å². The second-order valence-corrected chi connectivity index (χ2v) is 6.02. The molecular formula is C13H24O6S. The van der Waals surface area contributed by atoms with Crippen molar-refractivity contribution in [3.63, 3.8) is 0 Å². The van der Waals surface area contributed by atoms with E-state index in [4.69, 9.17) is 14.6 Å². The molecule has 2 rings (SSSR count). The lowest BCUT2D eigenvalue weighted by Gasteiger charge is -2.41. The van der Waals surface area contributed by atoms with Crippen LogP contribution < -0.4 is 0 Å². The van der Waals surface area contributed by atoms with E-state index < -0.39 is 37.3 Å². The molecule has 7 heteroatoms. The first kappa shape index (κ1) is 16.5. The van der Waals surface area contributed by atoms with Gasteiger partial charge >= 0.3 is 0 Å². The Kier molecular flexibility index (Phi) is 6.09. The minimum atomic E-state index is -1.38. The van der Waals surface area contributed by atoms with E-state index in [0.29, 0.717) is 5.92 Å². The predicted molar refractivity (Wildman–Crippen MR) is 74.5 cm³/mol. The predicted octanol–water partition coefficient (Wildman–Crippen LogP) is -0.709. The second-order valence-electron chi connectivity index (χ2n) is 5.66. The summed E-state index contributed by atoms with van der Waals surface area (Å²) in [5, 5.41) is 38.4. The van der Waals surface area contributed by atoms with E-state index in [0.717, 1.165) is 31.4 Å². The average Bonchev–Trinajstić information content (AvgIpc) is 2.48. The van der Waals surface area contributed by atoms with Crippen LogP contribution in [0, 0.1) is 5.92 Å². The third-order valence-corrected chi connectivity index (χ3v) is 4.74. The number of aliphatic hydroxyl groups excluding tert-OH is 4. The summed E-state index contributed by atoms with van der Waals surface area (Å²) in [5.41, 5.74) is 0. The van der Waals surface area contributed by atoms with Gasteiger partial charge in [0.25, 0.3) is 0 Å². The molecule has 0 radical (unpaired) electrons. The molecule has 2 aliphatic rings. The molecular weight excluding hydrogens is 284 g/mol. The molecule has 0 amide bonds. The summed E-state index contributed by atoms with van der Waals surface area (Å²) in [7, 11) is 0. The molecule has 6 nitrogen and oxygen atoms in total. The van der Waals surface area contributed by atoms with Gasteiger partial charge < -0.3 is 29.9 Å². The quantitative estimate of drug-likeness (QED) is 0.440. The first-order chi connectivity index (χ1) is 9.56. The molecule has 0 aromatic heterocycles. The lowest BCUT2D eigenvalue weighted by Crippen LogP contribution is -2.59. The molecule has 4 N–H and O–H groups in total. The summed E-state index contributed by atoms with van der Waals surface area (Å²) < 4.78 is 11.0. The highest BCUT2D eigenvalue weighted by Crippen LogP contribution is 2.30. The van der Waals surface area contributed by atoms with E-state index in [1.807, 2.05) is 0 Å². The number of ether oxygens (including phenoxy) is 2. The van der Waals surface area contributed by atoms with Crippen LogP contribution in [0.25, 0.3) is 0 Å². The molecule has 1 aliphatic carbocycles. The van der Waals surface area contributed by atoms with Gasteiger partial charge in [-0.2, -0.15) is 12.6 Å². The highest BCUT2D eigenvalue weighted by Gasteiger charge is 2.44. The van der Waals surface area contributed by atoms with Crippen molar-refractivity contribution in [3.05, 3.63) is 0 Å². The van der Waals surface area contributed by atoms with Crippen LogP contribution in [0.1, 0.15) is 25.7 Å². The van der Waals surface area contributed by atoms with E-state index in [1.165, 1.54) is 0 Å². The Morgan fingerprint density at radius 1 is 1.00 bits per heavy atom. The molecule has 1 heterocycles. The number of hydrogen-bond acceptors (Lipinski definition) is 7. The van der Waals surface area contributed by atoms with Crippen LogP contribution in [0.4, 0.5) is 0 Å². The van der Waals surface area contributed by atoms with E-state index >= 15 is 0 Å². The fourth-order valence-electron chi connectivity index (χ4n) is 2.82. The SMILES string of the molecule is OCC1O[C@H](OC2CCC(CS)CC2)C(O)[C@@H](O)[C@@H]1O. The van der Waals surface area contributed by atoms with Gasteiger partial charge in [-0.25, -0.2) is 0 Å². The average molecular weight is 308 g/mol. The Bertz CT molecular complexity index is 295. The Morgan fingerprint density at radius 2 is 1.65 bits per heavy atom. The van der Waals surface area contributed by atoms with Gasteiger partial charge in [0.1, 0.15) is 24.4 Å². The summed E-state index contributed by atoms with van der Waals surface area (Å²) in [4.78, 5) is 0. The van der Waals surface area contributed by atoms with Crippen molar-refractivity contribution in [2.24, 2.45) is 5.92 Å². The summed E-state index contributed by atoms with van der Waals surface area (Å²) in [6, 6.07) is 0. The molecule has 5 atom stereocenters. The molecule has 0 bridgehead atoms. The Hall–Kier alpha value is 0.110. The van der Waals surface area contributed by atoms with Crippen LogP contribution in [-0.4, -0.2) is 69.6 Å². The Morgan fingerprint density at radius 3 is 2.20 bits per heavy atom. The van der Waals surface area contributed by atoms with Gasteiger partial charge in [0, 0.05) is 0 Å². The zero-order chi connectivity index (χ0) is 14.7. The van der Waals surface area contributed by atoms with Crippen LogP contribution in [0.15, 0.2) is 0 Å². The second kappa shape index (κ2) is 7.40. The maximum Gasteiger partial charge on any atom is 0.186 e. The molecule has 0 aromatic rings. The maximum atomic E-state index is 9.90. The molecule has 2 fully saturated rings. The van der Waals surface area contributed by atoms with Crippen LogP contribution in [0.2, 0.25) is 0 Å². The molecule has 2 unspecified atom stereocenters. The standard InChI is InChI=1S/C13H24O6S/c14-5-9-10(15)11(16)12(17)13(19-9)18-8-3-1-7(6-20)2-4-8/h7-17,20H,1-6H2/t7?,8?,9?,10-,11+,12?,13+/m1/s1. The first-order valence-corrected chi connectivity index (χ1v) is 7.77. The zero-order valence-corrected chi connectivity index (χ0v) is 12.2. The third-order valence-electron chi connectivity index (χ3n) is 4.23. The fourth-order valence-corrected chi connectivity index (χ4v) is 3.19. The number of hydrogen-bond donors (Lipinski definition) is 5. The van der Waals surface area contributed by atoms with Gasteiger partial charge in [-0.3, -0.25) is 0 Å². The van der Waals surface area contributed by atoms with Gasteiger partial charge in [0.05, 0.1) is 12.7 Å². The molecule has 0 spiro atoms. The zero-order valence-electron chi connectivity index (χ0n) is 11.3. The first-order valence-electron chi connectivity index (χ1n) is 7.13. The Balaban J connectivity index is 1.88. The lowest BCUT2D eigenvalue weighted by molar-refractivity contribution is -0.313. The van der Waals surface area contributed by atoms with E-state index in [9.17, 15) is 15.3 Å². The highest BCUT2D eigenvalue weighted by atomic mass is 32.1. The smallest absolute Gasteiger partial charge is 0.186 e. The van der Waals surface area contributed by atoms with Gasteiger partial charge in [0.15, 0.2) is 6.29 Å². The normalized spacial score (nSPS) is 46.4. The minimum Gasteiger partial charge on any atom is -0.394 e. The van der Waals surface area contributed by atoms with E-state index in [2.05, 4.69) is 12.6 Å². The minimum absolute atomic E-state index is 0.0347. The topological polar surface area (TPSA) is 99.4 Å². The summed E-state index contributed by atoms with van der Waals surface area (Å²) >= 11 is 4.29. The number of aliphatic hydroxyl groups is 4. The molecule has 1 aliphatic heterocycles. The number of thiol groups is 1. The van der Waals surface area contributed by atoms with Crippen molar-refractivity contribution in [1.29, 1.82) is 0 Å². The molecule has 118 valence electrons.